The maximum atomic E-state index is 12.1. The quantitative estimate of drug-likeness (QED) is 0.622. The largest absolute Gasteiger partial charge is 0.493 e. The summed E-state index contributed by atoms with van der Waals surface area (Å²) in [6.45, 7) is 6.01. The van der Waals surface area contributed by atoms with E-state index >= 15 is 0 Å². The molecule has 0 aliphatic heterocycles. The Morgan fingerprint density at radius 3 is 2.85 bits per heavy atom. The summed E-state index contributed by atoms with van der Waals surface area (Å²) >= 11 is 1.38. The van der Waals surface area contributed by atoms with Crippen LogP contribution in [0.1, 0.15) is 28.9 Å². The van der Waals surface area contributed by atoms with Gasteiger partial charge in [-0.1, -0.05) is 12.1 Å². The fraction of sp³-hybridized carbons (Fsp3) is 0.316. The Morgan fingerprint density at radius 2 is 2.04 bits per heavy atom. The van der Waals surface area contributed by atoms with Crippen molar-refractivity contribution in [3.8, 4) is 5.75 Å². The van der Waals surface area contributed by atoms with E-state index in [2.05, 4.69) is 4.98 Å². The zero-order chi connectivity index (χ0) is 18.7. The first-order chi connectivity index (χ1) is 12.4. The van der Waals surface area contributed by atoms with Gasteiger partial charge in [-0.05, 0) is 38.0 Å². The lowest BCUT2D eigenvalue weighted by molar-refractivity contribution is -0.145. The summed E-state index contributed by atoms with van der Waals surface area (Å²) in [5, 5.41) is 1.87. The number of nitrogens with zero attached hydrogens (tertiary/aromatic N) is 2. The molecule has 0 saturated carbocycles. The van der Waals surface area contributed by atoms with Crippen LogP contribution in [0, 0.1) is 20.8 Å². The number of esters is 1. The maximum absolute atomic E-state index is 12.1. The van der Waals surface area contributed by atoms with Crippen molar-refractivity contribution in [2.24, 2.45) is 0 Å². The molecule has 0 spiro atoms. The van der Waals surface area contributed by atoms with Gasteiger partial charge in [0.15, 0.2) is 4.96 Å². The molecule has 26 heavy (non-hydrogen) atoms. The lowest BCUT2D eigenvalue weighted by Crippen LogP contribution is -2.16. The molecule has 0 aliphatic rings. The van der Waals surface area contributed by atoms with Crippen molar-refractivity contribution >= 4 is 22.3 Å². The molecule has 7 heteroatoms. The molecule has 2 aromatic heterocycles. The number of fused-ring (bicyclic) bond motifs is 1. The van der Waals surface area contributed by atoms with E-state index < -0.39 is 0 Å². The van der Waals surface area contributed by atoms with Crippen molar-refractivity contribution in [1.29, 1.82) is 0 Å². The SMILES string of the molecule is Cc1ccc(C)c(OCCC(=O)OCc2cc(=O)n3c(C)csc3n2)c1. The smallest absolute Gasteiger partial charge is 0.309 e. The fourth-order valence-electron chi connectivity index (χ4n) is 2.51. The number of thiazole rings is 1. The number of aromatic nitrogens is 2. The average molecular weight is 372 g/mol. The Kier molecular flexibility index (Phi) is 5.37. The minimum Gasteiger partial charge on any atom is -0.493 e. The zero-order valence-electron chi connectivity index (χ0n) is 14.9. The predicted molar refractivity (Wildman–Crippen MR) is 99.9 cm³/mol. The second-order valence-electron chi connectivity index (χ2n) is 6.11. The van der Waals surface area contributed by atoms with Crippen LogP contribution in [0.4, 0.5) is 0 Å². The highest BCUT2D eigenvalue weighted by Gasteiger charge is 2.10. The Bertz CT molecular complexity index is 1010. The molecule has 0 aliphatic carbocycles. The number of aryl methyl sites for hydroxylation is 3. The van der Waals surface area contributed by atoms with Gasteiger partial charge in [0.2, 0.25) is 0 Å². The van der Waals surface area contributed by atoms with E-state index in [9.17, 15) is 9.59 Å². The van der Waals surface area contributed by atoms with Gasteiger partial charge in [0.05, 0.1) is 18.7 Å². The molecule has 0 radical (unpaired) electrons. The minimum absolute atomic E-state index is 0.0228. The van der Waals surface area contributed by atoms with E-state index in [4.69, 9.17) is 9.47 Å². The molecule has 136 valence electrons. The molecular weight excluding hydrogens is 352 g/mol. The topological polar surface area (TPSA) is 69.9 Å². The Morgan fingerprint density at radius 1 is 1.23 bits per heavy atom. The highest BCUT2D eigenvalue weighted by molar-refractivity contribution is 7.15. The first kappa shape index (κ1) is 18.1. The van der Waals surface area contributed by atoms with Gasteiger partial charge in [0.25, 0.3) is 5.56 Å². The molecule has 0 fully saturated rings. The van der Waals surface area contributed by atoms with E-state index in [-0.39, 0.29) is 31.2 Å². The van der Waals surface area contributed by atoms with E-state index in [1.165, 1.54) is 21.8 Å². The Balaban J connectivity index is 1.53. The second-order valence-corrected chi connectivity index (χ2v) is 6.95. The van der Waals surface area contributed by atoms with Gasteiger partial charge in [0.1, 0.15) is 12.4 Å². The van der Waals surface area contributed by atoms with Crippen LogP contribution in [0.15, 0.2) is 34.4 Å². The van der Waals surface area contributed by atoms with Crippen LogP contribution in [0.2, 0.25) is 0 Å². The molecule has 0 unspecified atom stereocenters. The first-order valence-corrected chi connectivity index (χ1v) is 9.14. The van der Waals surface area contributed by atoms with Crippen LogP contribution in [-0.2, 0) is 16.1 Å². The van der Waals surface area contributed by atoms with Gasteiger partial charge < -0.3 is 9.47 Å². The van der Waals surface area contributed by atoms with Crippen LogP contribution in [0.3, 0.4) is 0 Å². The molecule has 0 saturated heterocycles. The Hall–Kier alpha value is -2.67. The predicted octanol–water partition coefficient (Wildman–Crippen LogP) is 3.19. The standard InChI is InChI=1S/C19H20N2O4S/c1-12-4-5-13(2)16(8-12)24-7-6-18(23)25-10-15-9-17(22)21-14(3)11-26-19(21)20-15/h4-5,8-9,11H,6-7,10H2,1-3H3. The molecule has 0 bridgehead atoms. The average Bonchev–Trinajstić information content (AvgIpc) is 2.97. The third-order valence-corrected chi connectivity index (χ3v) is 4.86. The first-order valence-electron chi connectivity index (χ1n) is 8.26. The lowest BCUT2D eigenvalue weighted by Gasteiger charge is -2.10. The Labute approximate surface area is 155 Å². The van der Waals surface area contributed by atoms with Gasteiger partial charge in [-0.3, -0.25) is 14.0 Å². The van der Waals surface area contributed by atoms with Crippen molar-refractivity contribution in [1.82, 2.24) is 9.38 Å². The zero-order valence-corrected chi connectivity index (χ0v) is 15.8. The van der Waals surface area contributed by atoms with E-state index in [0.717, 1.165) is 22.6 Å². The highest BCUT2D eigenvalue weighted by Crippen LogP contribution is 2.19. The van der Waals surface area contributed by atoms with E-state index in [1.54, 1.807) is 0 Å². The monoisotopic (exact) mass is 372 g/mol. The molecule has 1 aromatic carbocycles. The number of hydrogen-bond acceptors (Lipinski definition) is 6. The molecule has 3 aromatic rings. The third kappa shape index (κ3) is 4.11. The number of carbonyl (C=O) groups excluding carboxylic acids is 1. The molecule has 6 nitrogen and oxygen atoms in total. The summed E-state index contributed by atoms with van der Waals surface area (Å²) < 4.78 is 12.4. The number of carbonyl (C=O) groups is 1. The van der Waals surface area contributed by atoms with Crippen LogP contribution >= 0.6 is 11.3 Å². The molecule has 3 rings (SSSR count). The van der Waals surface area contributed by atoms with Gasteiger partial charge >= 0.3 is 5.97 Å². The second kappa shape index (κ2) is 7.70. The summed E-state index contributed by atoms with van der Waals surface area (Å²) in [4.78, 5) is 28.9. The molecule has 0 N–H and O–H groups in total. The number of rotatable bonds is 6. The van der Waals surface area contributed by atoms with Crippen molar-refractivity contribution in [3.05, 3.63) is 62.5 Å². The number of benzene rings is 1. The van der Waals surface area contributed by atoms with Gasteiger partial charge in [0, 0.05) is 17.1 Å². The van der Waals surface area contributed by atoms with Gasteiger partial charge in [-0.25, -0.2) is 4.98 Å². The van der Waals surface area contributed by atoms with Crippen molar-refractivity contribution in [2.45, 2.75) is 33.8 Å². The molecule has 2 heterocycles. The van der Waals surface area contributed by atoms with E-state index in [1.807, 2.05) is 44.4 Å². The van der Waals surface area contributed by atoms with Crippen LogP contribution < -0.4 is 10.3 Å². The fourth-order valence-corrected chi connectivity index (χ4v) is 3.40. The summed E-state index contributed by atoms with van der Waals surface area (Å²) in [6, 6.07) is 7.33. The minimum atomic E-state index is -0.389. The number of hydrogen-bond donors (Lipinski definition) is 0. The maximum Gasteiger partial charge on any atom is 0.309 e. The van der Waals surface area contributed by atoms with E-state index in [0.29, 0.717) is 10.7 Å². The van der Waals surface area contributed by atoms with Crippen molar-refractivity contribution < 1.29 is 14.3 Å². The van der Waals surface area contributed by atoms with Crippen LogP contribution in [-0.4, -0.2) is 22.0 Å². The highest BCUT2D eigenvalue weighted by atomic mass is 32.1. The van der Waals surface area contributed by atoms with Gasteiger partial charge in [-0.2, -0.15) is 0 Å². The van der Waals surface area contributed by atoms with Crippen LogP contribution in [0.5, 0.6) is 5.75 Å². The summed E-state index contributed by atoms with van der Waals surface area (Å²) in [6.07, 6.45) is 0.132. The molecule has 0 atom stereocenters. The summed E-state index contributed by atoms with van der Waals surface area (Å²) in [7, 11) is 0. The lowest BCUT2D eigenvalue weighted by atomic mass is 10.1. The van der Waals surface area contributed by atoms with Crippen molar-refractivity contribution in [3.63, 3.8) is 0 Å². The summed E-state index contributed by atoms with van der Waals surface area (Å²) in [5.41, 5.74) is 3.24. The summed E-state index contributed by atoms with van der Waals surface area (Å²) in [5.74, 6) is 0.380. The number of ether oxygens (including phenoxy) is 2. The van der Waals surface area contributed by atoms with Crippen molar-refractivity contribution in [2.75, 3.05) is 6.61 Å². The molecule has 0 amide bonds. The normalized spacial score (nSPS) is 10.9. The third-order valence-electron chi connectivity index (χ3n) is 3.92. The van der Waals surface area contributed by atoms with Crippen LogP contribution in [0.25, 0.3) is 4.96 Å². The molecular formula is C19H20N2O4S. The van der Waals surface area contributed by atoms with Gasteiger partial charge in [-0.15, -0.1) is 11.3 Å².